The van der Waals surface area contributed by atoms with Crippen LogP contribution in [0.15, 0.2) is 18.2 Å². The number of alkyl halides is 3. The number of rotatable bonds is 4. The van der Waals surface area contributed by atoms with Gasteiger partial charge in [-0.2, -0.15) is 13.2 Å². The zero-order valence-corrected chi connectivity index (χ0v) is 10.6. The SMILES string of the molecule is Cc1ccc(CCCC(C)C)c(C(F)(F)F)c1. The molecule has 0 atom stereocenters. The van der Waals surface area contributed by atoms with E-state index < -0.39 is 11.7 Å². The van der Waals surface area contributed by atoms with Gasteiger partial charge in [-0.05, 0) is 37.3 Å². The van der Waals surface area contributed by atoms with Gasteiger partial charge in [0.2, 0.25) is 0 Å². The van der Waals surface area contributed by atoms with Crippen molar-refractivity contribution in [2.45, 2.75) is 46.2 Å². The third-order valence-electron chi connectivity index (χ3n) is 2.80. The van der Waals surface area contributed by atoms with Crippen molar-refractivity contribution in [3.05, 3.63) is 34.9 Å². The van der Waals surface area contributed by atoms with Crippen LogP contribution < -0.4 is 0 Å². The summed E-state index contributed by atoms with van der Waals surface area (Å²) in [6, 6.07) is 4.60. The van der Waals surface area contributed by atoms with Crippen molar-refractivity contribution in [2.24, 2.45) is 5.92 Å². The molecular formula is C14H19F3. The molecule has 0 heterocycles. The summed E-state index contributed by atoms with van der Waals surface area (Å²) in [6.07, 6.45) is -1.96. The maximum atomic E-state index is 12.8. The van der Waals surface area contributed by atoms with Crippen LogP contribution in [0, 0.1) is 12.8 Å². The van der Waals surface area contributed by atoms with Gasteiger partial charge in [-0.25, -0.2) is 0 Å². The molecule has 3 heteroatoms. The van der Waals surface area contributed by atoms with Crippen LogP contribution >= 0.6 is 0 Å². The summed E-state index contributed by atoms with van der Waals surface area (Å²) < 4.78 is 38.4. The van der Waals surface area contributed by atoms with Crippen LogP contribution in [-0.2, 0) is 12.6 Å². The largest absolute Gasteiger partial charge is 0.416 e. The molecule has 1 aromatic rings. The smallest absolute Gasteiger partial charge is 0.166 e. The summed E-state index contributed by atoms with van der Waals surface area (Å²) in [5.41, 5.74) is 0.606. The second-order valence-corrected chi connectivity index (χ2v) is 4.94. The topological polar surface area (TPSA) is 0 Å². The van der Waals surface area contributed by atoms with Gasteiger partial charge >= 0.3 is 6.18 Å². The third-order valence-corrected chi connectivity index (χ3v) is 2.80. The lowest BCUT2D eigenvalue weighted by atomic mass is 9.97. The van der Waals surface area contributed by atoms with Gasteiger partial charge in [0.25, 0.3) is 0 Å². The quantitative estimate of drug-likeness (QED) is 0.699. The molecule has 0 N–H and O–H groups in total. The van der Waals surface area contributed by atoms with E-state index in [1.165, 1.54) is 6.07 Å². The monoisotopic (exact) mass is 244 g/mol. The van der Waals surface area contributed by atoms with Crippen molar-refractivity contribution >= 4 is 0 Å². The Kier molecular flexibility index (Phi) is 4.61. The van der Waals surface area contributed by atoms with Crippen LogP contribution in [0.1, 0.15) is 43.4 Å². The minimum absolute atomic E-state index is 0.420. The molecule has 1 aromatic carbocycles. The summed E-state index contributed by atoms with van der Waals surface area (Å²) in [6.45, 7) is 5.85. The van der Waals surface area contributed by atoms with Crippen LogP contribution in [0.5, 0.6) is 0 Å². The second kappa shape index (κ2) is 5.56. The Bertz CT molecular complexity index is 364. The maximum Gasteiger partial charge on any atom is 0.416 e. The van der Waals surface area contributed by atoms with E-state index in [4.69, 9.17) is 0 Å². The molecule has 0 aromatic heterocycles. The zero-order chi connectivity index (χ0) is 13.1. The fourth-order valence-corrected chi connectivity index (χ4v) is 1.87. The average molecular weight is 244 g/mol. The molecule has 0 nitrogen and oxygen atoms in total. The predicted octanol–water partition coefficient (Wildman–Crippen LogP) is 4.99. The predicted molar refractivity (Wildman–Crippen MR) is 64.0 cm³/mol. The van der Waals surface area contributed by atoms with E-state index in [-0.39, 0.29) is 0 Å². The molecule has 0 aliphatic heterocycles. The van der Waals surface area contributed by atoms with Gasteiger partial charge in [0.15, 0.2) is 0 Å². The minimum Gasteiger partial charge on any atom is -0.166 e. The van der Waals surface area contributed by atoms with Crippen molar-refractivity contribution in [1.82, 2.24) is 0 Å². The van der Waals surface area contributed by atoms with Crippen LogP contribution in [0.25, 0.3) is 0 Å². The molecule has 0 aliphatic carbocycles. The molecule has 0 saturated carbocycles. The molecule has 0 spiro atoms. The first-order chi connectivity index (χ1) is 7.80. The van der Waals surface area contributed by atoms with Crippen molar-refractivity contribution < 1.29 is 13.2 Å². The Balaban J connectivity index is 2.84. The van der Waals surface area contributed by atoms with E-state index in [1.807, 2.05) is 0 Å². The maximum absolute atomic E-state index is 12.8. The first-order valence-electron chi connectivity index (χ1n) is 5.97. The Morgan fingerprint density at radius 2 is 1.82 bits per heavy atom. The highest BCUT2D eigenvalue weighted by Gasteiger charge is 2.32. The Morgan fingerprint density at radius 1 is 1.18 bits per heavy atom. The van der Waals surface area contributed by atoms with Crippen molar-refractivity contribution in [3.63, 3.8) is 0 Å². The van der Waals surface area contributed by atoms with E-state index in [0.717, 1.165) is 12.8 Å². The first-order valence-corrected chi connectivity index (χ1v) is 5.97. The van der Waals surface area contributed by atoms with Gasteiger partial charge in [-0.15, -0.1) is 0 Å². The standard InChI is InChI=1S/C14H19F3/c1-10(2)5-4-6-12-8-7-11(3)9-13(12)14(15,16)17/h7-10H,4-6H2,1-3H3. The molecule has 0 saturated heterocycles. The molecule has 96 valence electrons. The van der Waals surface area contributed by atoms with E-state index in [1.54, 1.807) is 19.1 Å². The lowest BCUT2D eigenvalue weighted by Crippen LogP contribution is -2.09. The second-order valence-electron chi connectivity index (χ2n) is 4.94. The van der Waals surface area contributed by atoms with Crippen molar-refractivity contribution in [1.29, 1.82) is 0 Å². The van der Waals surface area contributed by atoms with Gasteiger partial charge in [0.05, 0.1) is 5.56 Å². The van der Waals surface area contributed by atoms with Gasteiger partial charge in [-0.1, -0.05) is 38.0 Å². The van der Waals surface area contributed by atoms with Gasteiger partial charge in [0, 0.05) is 0 Å². The molecule has 1 rings (SSSR count). The molecular weight excluding hydrogens is 225 g/mol. The lowest BCUT2D eigenvalue weighted by molar-refractivity contribution is -0.138. The van der Waals surface area contributed by atoms with E-state index in [0.29, 0.717) is 23.5 Å². The number of aryl methyl sites for hydroxylation is 2. The Hall–Kier alpha value is -0.990. The number of halogens is 3. The Labute approximate surface area is 101 Å². The van der Waals surface area contributed by atoms with Gasteiger partial charge < -0.3 is 0 Å². The molecule has 0 aliphatic rings. The highest BCUT2D eigenvalue weighted by molar-refractivity contribution is 5.33. The van der Waals surface area contributed by atoms with E-state index in [9.17, 15) is 13.2 Å². The summed E-state index contributed by atoms with van der Waals surface area (Å²) >= 11 is 0. The van der Waals surface area contributed by atoms with E-state index >= 15 is 0 Å². The van der Waals surface area contributed by atoms with Crippen LogP contribution in [-0.4, -0.2) is 0 Å². The van der Waals surface area contributed by atoms with Crippen LogP contribution in [0.2, 0.25) is 0 Å². The lowest BCUT2D eigenvalue weighted by Gasteiger charge is -2.14. The Morgan fingerprint density at radius 3 is 2.35 bits per heavy atom. The van der Waals surface area contributed by atoms with Crippen molar-refractivity contribution in [3.8, 4) is 0 Å². The zero-order valence-electron chi connectivity index (χ0n) is 10.6. The number of hydrogen-bond donors (Lipinski definition) is 0. The molecule has 0 unspecified atom stereocenters. The molecule has 0 radical (unpaired) electrons. The van der Waals surface area contributed by atoms with Crippen LogP contribution in [0.4, 0.5) is 13.2 Å². The highest BCUT2D eigenvalue weighted by atomic mass is 19.4. The summed E-state index contributed by atoms with van der Waals surface area (Å²) in [5.74, 6) is 0.537. The van der Waals surface area contributed by atoms with Gasteiger partial charge in [-0.3, -0.25) is 0 Å². The molecule has 0 fully saturated rings. The number of benzene rings is 1. The fourth-order valence-electron chi connectivity index (χ4n) is 1.87. The molecule has 17 heavy (non-hydrogen) atoms. The molecule has 0 bridgehead atoms. The van der Waals surface area contributed by atoms with Crippen LogP contribution in [0.3, 0.4) is 0 Å². The highest BCUT2D eigenvalue weighted by Crippen LogP contribution is 2.33. The summed E-state index contributed by atoms with van der Waals surface area (Å²) in [5, 5.41) is 0. The third kappa shape index (κ3) is 4.41. The first kappa shape index (κ1) is 14.1. The van der Waals surface area contributed by atoms with E-state index in [2.05, 4.69) is 13.8 Å². The average Bonchev–Trinajstić information content (AvgIpc) is 2.18. The normalized spacial score (nSPS) is 12.2. The summed E-state index contributed by atoms with van der Waals surface area (Å²) in [4.78, 5) is 0. The number of hydrogen-bond acceptors (Lipinski definition) is 0. The summed E-state index contributed by atoms with van der Waals surface area (Å²) in [7, 11) is 0. The fraction of sp³-hybridized carbons (Fsp3) is 0.571. The minimum atomic E-state index is -4.24. The van der Waals surface area contributed by atoms with Gasteiger partial charge in [0.1, 0.15) is 0 Å². The van der Waals surface area contributed by atoms with Crippen molar-refractivity contribution in [2.75, 3.05) is 0 Å². The molecule has 0 amide bonds.